The third kappa shape index (κ3) is 6.16. The molecule has 0 saturated carbocycles. The highest BCUT2D eigenvalue weighted by atomic mass is 14.3. The van der Waals surface area contributed by atoms with Crippen molar-refractivity contribution in [2.45, 2.75) is 13.8 Å². The summed E-state index contributed by atoms with van der Waals surface area (Å²) in [4.78, 5) is 0. The van der Waals surface area contributed by atoms with Gasteiger partial charge in [0.1, 0.15) is 6.07 Å². The van der Waals surface area contributed by atoms with Crippen LogP contribution in [-0.2, 0) is 0 Å². The Balaban J connectivity index is 1.60. The number of nitriles is 5. The van der Waals surface area contributed by atoms with E-state index in [9.17, 15) is 26.3 Å². The topological polar surface area (TPSA) is 119 Å². The third-order valence-electron chi connectivity index (χ3n) is 8.20. The molecule has 6 rings (SSSR count). The van der Waals surface area contributed by atoms with Crippen LogP contribution < -0.4 is 0 Å². The molecule has 0 heterocycles. The maximum absolute atomic E-state index is 10.7. The minimum atomic E-state index is 0.397. The molecule has 0 bridgehead atoms. The van der Waals surface area contributed by atoms with Crippen molar-refractivity contribution < 1.29 is 0 Å². The van der Waals surface area contributed by atoms with Crippen LogP contribution in [0.15, 0.2) is 115 Å². The molecule has 0 spiro atoms. The van der Waals surface area contributed by atoms with Crippen LogP contribution in [0, 0.1) is 70.5 Å². The van der Waals surface area contributed by atoms with Crippen molar-refractivity contribution in [2.24, 2.45) is 0 Å². The van der Waals surface area contributed by atoms with Crippen molar-refractivity contribution in [3.05, 3.63) is 154 Å². The lowest BCUT2D eigenvalue weighted by atomic mass is 9.86. The highest BCUT2D eigenvalue weighted by Gasteiger charge is 2.17. The molecule has 0 N–H and O–H groups in total. The summed E-state index contributed by atoms with van der Waals surface area (Å²) in [5.41, 5.74) is 12.5. The van der Waals surface area contributed by atoms with Gasteiger partial charge >= 0.3 is 0 Å². The van der Waals surface area contributed by atoms with E-state index < -0.39 is 0 Å². The number of hydrogen-bond acceptors (Lipinski definition) is 5. The SMILES string of the molecule is Cc1cc(C)cc(-c2cc(-c3cccc(-c4cc(C#N)cc(C#N)c4)c3)c(C#N)c(-c3cccc(-c4cc(C#N)cc(C#N)c4)c3)c2)c1. The molecule has 5 heteroatoms. The average molecular weight is 612 g/mol. The standard InChI is InChI=1S/C43H25N5/c1-27-9-28(2)11-37(10-27)40-20-41(35-7-3-5-33(18-35)38-14-29(22-44)12-30(15-38)23-45)43(26-48)42(21-40)36-8-4-6-34(19-36)39-16-31(24-46)13-32(17-39)25-47/h3-21H,1-2H3. The predicted octanol–water partition coefficient (Wildman–Crippen LogP) is 10.00. The van der Waals surface area contributed by atoms with Gasteiger partial charge in [-0.25, -0.2) is 0 Å². The summed E-state index contributed by atoms with van der Waals surface area (Å²) in [7, 11) is 0. The Hall–Kier alpha value is -7.23. The molecule has 0 aliphatic heterocycles. The van der Waals surface area contributed by atoms with Gasteiger partial charge in [0.05, 0.1) is 52.1 Å². The number of hydrogen-bond donors (Lipinski definition) is 0. The van der Waals surface area contributed by atoms with Gasteiger partial charge in [0, 0.05) is 11.1 Å². The van der Waals surface area contributed by atoms with Crippen LogP contribution in [0.25, 0.3) is 55.6 Å². The summed E-state index contributed by atoms with van der Waals surface area (Å²) in [5, 5.41) is 49.0. The van der Waals surface area contributed by atoms with Gasteiger partial charge in [0.25, 0.3) is 0 Å². The molecular weight excluding hydrogens is 587 g/mol. The van der Waals surface area contributed by atoms with Gasteiger partial charge in [-0.3, -0.25) is 0 Å². The normalized spacial score (nSPS) is 10.2. The van der Waals surface area contributed by atoms with E-state index in [4.69, 9.17) is 0 Å². The molecule has 222 valence electrons. The van der Waals surface area contributed by atoms with Crippen molar-refractivity contribution in [1.29, 1.82) is 26.3 Å². The zero-order valence-electron chi connectivity index (χ0n) is 26.2. The second-order valence-electron chi connectivity index (χ2n) is 11.6. The van der Waals surface area contributed by atoms with E-state index in [0.717, 1.165) is 66.8 Å². The molecule has 0 radical (unpaired) electrons. The summed E-state index contributed by atoms with van der Waals surface area (Å²) >= 11 is 0. The Kier molecular flexibility index (Phi) is 8.35. The van der Waals surface area contributed by atoms with E-state index in [1.54, 1.807) is 36.4 Å². The lowest BCUT2D eigenvalue weighted by molar-refractivity contribution is 1.38. The van der Waals surface area contributed by atoms with Crippen LogP contribution in [0.3, 0.4) is 0 Å². The summed E-state index contributed by atoms with van der Waals surface area (Å²) in [5.74, 6) is 0. The molecule has 48 heavy (non-hydrogen) atoms. The van der Waals surface area contributed by atoms with Gasteiger partial charge in [-0.2, -0.15) is 26.3 Å². The van der Waals surface area contributed by atoms with Crippen LogP contribution in [-0.4, -0.2) is 0 Å². The average Bonchev–Trinajstić information content (AvgIpc) is 3.13. The first-order chi connectivity index (χ1) is 23.3. The quantitative estimate of drug-likeness (QED) is 0.192. The van der Waals surface area contributed by atoms with Crippen molar-refractivity contribution in [3.63, 3.8) is 0 Å². The molecule has 0 unspecified atom stereocenters. The highest BCUT2D eigenvalue weighted by molar-refractivity contribution is 5.90. The van der Waals surface area contributed by atoms with E-state index >= 15 is 0 Å². The molecule has 0 atom stereocenters. The van der Waals surface area contributed by atoms with Crippen molar-refractivity contribution in [1.82, 2.24) is 0 Å². The monoisotopic (exact) mass is 611 g/mol. The van der Waals surface area contributed by atoms with Crippen LogP contribution in [0.2, 0.25) is 0 Å². The van der Waals surface area contributed by atoms with E-state index in [1.165, 1.54) is 0 Å². The van der Waals surface area contributed by atoms with Gasteiger partial charge in [0.2, 0.25) is 0 Å². The molecule has 0 aromatic heterocycles. The molecule has 0 aliphatic carbocycles. The second kappa shape index (κ2) is 13.0. The van der Waals surface area contributed by atoms with Crippen molar-refractivity contribution in [3.8, 4) is 86.0 Å². The number of nitrogens with zero attached hydrogens (tertiary/aromatic N) is 5. The molecule has 5 nitrogen and oxygen atoms in total. The predicted molar refractivity (Wildman–Crippen MR) is 187 cm³/mol. The maximum atomic E-state index is 10.7. The van der Waals surface area contributed by atoms with Gasteiger partial charge in [-0.05, 0) is 119 Å². The third-order valence-corrected chi connectivity index (χ3v) is 8.20. The first-order valence-corrected chi connectivity index (χ1v) is 15.1. The Labute approximate surface area is 279 Å². The van der Waals surface area contributed by atoms with E-state index in [2.05, 4.69) is 62.4 Å². The van der Waals surface area contributed by atoms with Crippen molar-refractivity contribution in [2.75, 3.05) is 0 Å². The largest absolute Gasteiger partial charge is 0.192 e. The lowest BCUT2D eigenvalue weighted by Gasteiger charge is -2.16. The summed E-state index contributed by atoms with van der Waals surface area (Å²) in [6, 6.07) is 47.2. The number of benzene rings is 6. The minimum Gasteiger partial charge on any atom is -0.192 e. The van der Waals surface area contributed by atoms with Crippen LogP contribution in [0.1, 0.15) is 38.9 Å². The maximum Gasteiger partial charge on any atom is 0.100 e. The molecule has 0 amide bonds. The fourth-order valence-corrected chi connectivity index (χ4v) is 6.11. The zero-order chi connectivity index (χ0) is 33.8. The molecule has 0 fully saturated rings. The number of rotatable bonds is 5. The Morgan fingerprint density at radius 1 is 0.333 bits per heavy atom. The first-order valence-electron chi connectivity index (χ1n) is 15.1. The molecular formula is C43H25N5. The molecule has 6 aromatic rings. The molecule has 6 aromatic carbocycles. The van der Waals surface area contributed by atoms with Gasteiger partial charge in [-0.15, -0.1) is 0 Å². The molecule has 0 saturated heterocycles. The fourth-order valence-electron chi connectivity index (χ4n) is 6.11. The van der Waals surface area contributed by atoms with E-state index in [1.807, 2.05) is 60.7 Å². The van der Waals surface area contributed by atoms with Crippen LogP contribution in [0.5, 0.6) is 0 Å². The number of aryl methyl sites for hydroxylation is 2. The highest BCUT2D eigenvalue weighted by Crippen LogP contribution is 2.40. The van der Waals surface area contributed by atoms with Crippen LogP contribution in [0.4, 0.5) is 0 Å². The van der Waals surface area contributed by atoms with E-state index in [-0.39, 0.29) is 0 Å². The first kappa shape index (κ1) is 30.8. The smallest absolute Gasteiger partial charge is 0.100 e. The zero-order valence-corrected chi connectivity index (χ0v) is 26.2. The van der Waals surface area contributed by atoms with Crippen molar-refractivity contribution >= 4 is 0 Å². The molecule has 0 aliphatic rings. The van der Waals surface area contributed by atoms with E-state index in [0.29, 0.717) is 27.8 Å². The summed E-state index contributed by atoms with van der Waals surface area (Å²) < 4.78 is 0. The van der Waals surface area contributed by atoms with Crippen LogP contribution >= 0.6 is 0 Å². The van der Waals surface area contributed by atoms with Gasteiger partial charge < -0.3 is 0 Å². The summed E-state index contributed by atoms with van der Waals surface area (Å²) in [6.07, 6.45) is 0. The summed E-state index contributed by atoms with van der Waals surface area (Å²) in [6.45, 7) is 4.12. The Morgan fingerprint density at radius 2 is 0.688 bits per heavy atom. The second-order valence-corrected chi connectivity index (χ2v) is 11.6. The lowest BCUT2D eigenvalue weighted by Crippen LogP contribution is -1.94. The Morgan fingerprint density at radius 3 is 1.06 bits per heavy atom. The Bertz CT molecular complexity index is 2260. The van der Waals surface area contributed by atoms with Gasteiger partial charge in [-0.1, -0.05) is 65.7 Å². The fraction of sp³-hybridized carbons (Fsp3) is 0.0465. The minimum absolute atomic E-state index is 0.397. The van der Waals surface area contributed by atoms with Gasteiger partial charge in [0.15, 0.2) is 0 Å².